The highest BCUT2D eigenvalue weighted by molar-refractivity contribution is 5.96. The minimum atomic E-state index is -0.131. The van der Waals surface area contributed by atoms with Gasteiger partial charge in [-0.05, 0) is 55.2 Å². The lowest BCUT2D eigenvalue weighted by atomic mass is 9.74. The largest absolute Gasteiger partial charge is 0.497 e. The second-order valence-electron chi connectivity index (χ2n) is 6.88. The Morgan fingerprint density at radius 3 is 2.54 bits per heavy atom. The van der Waals surface area contributed by atoms with Crippen LogP contribution in [0.25, 0.3) is 0 Å². The molecule has 3 N–H and O–H groups in total. The number of ether oxygens (including phenoxy) is 2. The highest BCUT2D eigenvalue weighted by Crippen LogP contribution is 2.35. The molecule has 5 nitrogen and oxygen atoms in total. The van der Waals surface area contributed by atoms with Gasteiger partial charge in [-0.15, -0.1) is 0 Å². The van der Waals surface area contributed by atoms with Crippen molar-refractivity contribution in [1.29, 1.82) is 0 Å². The van der Waals surface area contributed by atoms with Gasteiger partial charge in [-0.1, -0.05) is 18.2 Å². The number of hydrogen-bond donors (Lipinski definition) is 2. The molecule has 0 aromatic heterocycles. The van der Waals surface area contributed by atoms with Gasteiger partial charge in [0, 0.05) is 36.4 Å². The fourth-order valence-electron chi connectivity index (χ4n) is 3.50. The average Bonchev–Trinajstić information content (AvgIpc) is 2.69. The molecule has 1 fully saturated rings. The molecule has 1 aliphatic rings. The third-order valence-corrected chi connectivity index (χ3v) is 5.25. The van der Waals surface area contributed by atoms with E-state index in [0.717, 1.165) is 24.2 Å². The van der Waals surface area contributed by atoms with Gasteiger partial charge in [-0.3, -0.25) is 4.79 Å². The molecular formula is C21H26N2O3. The van der Waals surface area contributed by atoms with E-state index in [1.54, 1.807) is 13.2 Å². The van der Waals surface area contributed by atoms with Gasteiger partial charge in [0.05, 0.1) is 7.11 Å². The summed E-state index contributed by atoms with van der Waals surface area (Å²) in [6, 6.07) is 13.5. The van der Waals surface area contributed by atoms with Crippen molar-refractivity contribution in [3.05, 3.63) is 59.2 Å². The maximum atomic E-state index is 12.7. The van der Waals surface area contributed by atoms with E-state index in [-0.39, 0.29) is 11.3 Å². The number of nitrogens with two attached hydrogens (primary N) is 1. The Morgan fingerprint density at radius 1 is 1.19 bits per heavy atom. The topological polar surface area (TPSA) is 73.6 Å². The van der Waals surface area contributed by atoms with E-state index < -0.39 is 0 Å². The third-order valence-electron chi connectivity index (χ3n) is 5.25. The Labute approximate surface area is 154 Å². The van der Waals surface area contributed by atoms with Crippen molar-refractivity contribution in [2.24, 2.45) is 0 Å². The highest BCUT2D eigenvalue weighted by atomic mass is 16.5. The molecule has 5 heteroatoms. The van der Waals surface area contributed by atoms with Gasteiger partial charge in [0.2, 0.25) is 0 Å². The summed E-state index contributed by atoms with van der Waals surface area (Å²) < 4.78 is 10.8. The molecule has 1 heterocycles. The molecule has 0 spiro atoms. The predicted molar refractivity (Wildman–Crippen MR) is 103 cm³/mol. The zero-order valence-corrected chi connectivity index (χ0v) is 15.4. The first-order chi connectivity index (χ1) is 12.5. The van der Waals surface area contributed by atoms with Crippen LogP contribution in [-0.2, 0) is 10.2 Å². The summed E-state index contributed by atoms with van der Waals surface area (Å²) in [5.41, 5.74) is 9.05. The van der Waals surface area contributed by atoms with Crippen LogP contribution < -0.4 is 15.8 Å². The Balaban J connectivity index is 1.80. The first-order valence-electron chi connectivity index (χ1n) is 8.91. The number of nitrogens with one attached hydrogen (secondary N) is 1. The summed E-state index contributed by atoms with van der Waals surface area (Å²) in [4.78, 5) is 12.7. The molecule has 1 amide bonds. The molecule has 0 radical (unpaired) electrons. The Kier molecular flexibility index (Phi) is 5.47. The summed E-state index contributed by atoms with van der Waals surface area (Å²) in [5, 5.41) is 3.12. The SMILES string of the molecule is COc1ccc(C2(CNC(=O)c3cc(N)ccc3C)CCOCC2)cc1. The van der Waals surface area contributed by atoms with Crippen LogP contribution in [0.2, 0.25) is 0 Å². The average molecular weight is 354 g/mol. The molecule has 0 bridgehead atoms. The maximum absolute atomic E-state index is 12.7. The second-order valence-corrected chi connectivity index (χ2v) is 6.88. The van der Waals surface area contributed by atoms with E-state index in [9.17, 15) is 4.79 Å². The molecule has 26 heavy (non-hydrogen) atoms. The van der Waals surface area contributed by atoms with Crippen molar-refractivity contribution in [2.45, 2.75) is 25.2 Å². The second kappa shape index (κ2) is 7.79. The molecule has 0 aliphatic carbocycles. The van der Waals surface area contributed by atoms with Crippen molar-refractivity contribution in [2.75, 3.05) is 32.6 Å². The Hall–Kier alpha value is -2.53. The molecule has 0 saturated carbocycles. The van der Waals surface area contributed by atoms with Gasteiger partial charge in [0.1, 0.15) is 5.75 Å². The van der Waals surface area contributed by atoms with Crippen LogP contribution in [0.1, 0.15) is 34.3 Å². The molecule has 3 rings (SSSR count). The number of aryl methyl sites for hydroxylation is 1. The fraction of sp³-hybridized carbons (Fsp3) is 0.381. The summed E-state index contributed by atoms with van der Waals surface area (Å²) in [6.45, 7) is 3.87. The summed E-state index contributed by atoms with van der Waals surface area (Å²) in [7, 11) is 1.66. The van der Waals surface area contributed by atoms with Crippen LogP contribution in [0.15, 0.2) is 42.5 Å². The fourth-order valence-corrected chi connectivity index (χ4v) is 3.50. The van der Waals surface area contributed by atoms with Gasteiger partial charge in [-0.2, -0.15) is 0 Å². The van der Waals surface area contributed by atoms with Crippen molar-refractivity contribution < 1.29 is 14.3 Å². The van der Waals surface area contributed by atoms with E-state index in [1.165, 1.54) is 5.56 Å². The standard InChI is InChI=1S/C21H26N2O3/c1-15-3-6-17(22)13-19(15)20(24)23-14-21(9-11-26-12-10-21)16-4-7-18(25-2)8-5-16/h3-8,13H,9-12,14,22H2,1-2H3,(H,23,24). The van der Waals surface area contributed by atoms with Crippen molar-refractivity contribution >= 4 is 11.6 Å². The van der Waals surface area contributed by atoms with Crippen LogP contribution in [0.3, 0.4) is 0 Å². The molecule has 1 saturated heterocycles. The van der Waals surface area contributed by atoms with Crippen LogP contribution >= 0.6 is 0 Å². The number of nitrogen functional groups attached to an aromatic ring is 1. The lowest BCUT2D eigenvalue weighted by Crippen LogP contribution is -2.44. The molecular weight excluding hydrogens is 328 g/mol. The van der Waals surface area contributed by atoms with Gasteiger partial charge in [0.15, 0.2) is 0 Å². The number of carbonyl (C=O) groups excluding carboxylic acids is 1. The molecule has 0 atom stereocenters. The van der Waals surface area contributed by atoms with Crippen LogP contribution in [0, 0.1) is 6.92 Å². The van der Waals surface area contributed by atoms with Gasteiger partial charge in [-0.25, -0.2) is 0 Å². The van der Waals surface area contributed by atoms with Crippen LogP contribution in [-0.4, -0.2) is 32.8 Å². The van der Waals surface area contributed by atoms with Crippen LogP contribution in [0.5, 0.6) is 5.75 Å². The first-order valence-corrected chi connectivity index (χ1v) is 8.91. The van der Waals surface area contributed by atoms with E-state index >= 15 is 0 Å². The van der Waals surface area contributed by atoms with E-state index in [0.29, 0.717) is 31.0 Å². The molecule has 1 aliphatic heterocycles. The lowest BCUT2D eigenvalue weighted by molar-refractivity contribution is 0.0487. The number of hydrogen-bond acceptors (Lipinski definition) is 4. The Morgan fingerprint density at radius 2 is 1.88 bits per heavy atom. The molecule has 2 aromatic rings. The van der Waals surface area contributed by atoms with E-state index in [1.807, 2.05) is 31.2 Å². The van der Waals surface area contributed by atoms with Gasteiger partial charge >= 0.3 is 0 Å². The smallest absolute Gasteiger partial charge is 0.251 e. The third kappa shape index (κ3) is 3.83. The summed E-state index contributed by atoms with van der Waals surface area (Å²) in [6.07, 6.45) is 1.74. The van der Waals surface area contributed by atoms with Gasteiger partial charge in [0.25, 0.3) is 5.91 Å². The number of anilines is 1. The number of benzene rings is 2. The predicted octanol–water partition coefficient (Wildman–Crippen LogP) is 3.06. The van der Waals surface area contributed by atoms with Crippen molar-refractivity contribution in [1.82, 2.24) is 5.32 Å². The highest BCUT2D eigenvalue weighted by Gasteiger charge is 2.35. The molecule has 0 unspecified atom stereocenters. The number of amides is 1. The zero-order chi connectivity index (χ0) is 18.6. The minimum absolute atomic E-state index is 0.0887. The molecule has 138 valence electrons. The van der Waals surface area contributed by atoms with Crippen LogP contribution in [0.4, 0.5) is 5.69 Å². The normalized spacial score (nSPS) is 16.1. The number of methoxy groups -OCH3 is 1. The molecule has 2 aromatic carbocycles. The monoisotopic (exact) mass is 354 g/mol. The zero-order valence-electron chi connectivity index (χ0n) is 15.4. The maximum Gasteiger partial charge on any atom is 0.251 e. The number of carbonyl (C=O) groups is 1. The quantitative estimate of drug-likeness (QED) is 0.810. The van der Waals surface area contributed by atoms with E-state index in [2.05, 4.69) is 17.4 Å². The lowest BCUT2D eigenvalue weighted by Gasteiger charge is -2.38. The van der Waals surface area contributed by atoms with E-state index in [4.69, 9.17) is 15.2 Å². The summed E-state index contributed by atoms with van der Waals surface area (Å²) >= 11 is 0. The Bertz CT molecular complexity index is 765. The number of rotatable bonds is 5. The van der Waals surface area contributed by atoms with Crippen molar-refractivity contribution in [3.63, 3.8) is 0 Å². The summed E-state index contributed by atoms with van der Waals surface area (Å²) in [5.74, 6) is 0.740. The minimum Gasteiger partial charge on any atom is -0.497 e. The first kappa shape index (κ1) is 18.3. The van der Waals surface area contributed by atoms with Gasteiger partial charge < -0.3 is 20.5 Å². The van der Waals surface area contributed by atoms with Crippen molar-refractivity contribution in [3.8, 4) is 5.75 Å².